The highest BCUT2D eigenvalue weighted by molar-refractivity contribution is 5.79. The summed E-state index contributed by atoms with van der Waals surface area (Å²) < 4.78 is 78.9. The molecular weight excluding hydrogens is 1290 g/mol. The lowest BCUT2D eigenvalue weighted by Crippen LogP contribution is -2.69. The van der Waals surface area contributed by atoms with Gasteiger partial charge in [0.2, 0.25) is 6.29 Å². The number of carboxylic acids is 1. The summed E-state index contributed by atoms with van der Waals surface area (Å²) in [5, 5.41) is 174. The quantitative estimate of drug-likeness (QED) is 0.0402. The minimum absolute atomic E-state index is 0.0830. The SMILES string of the molecule is CC(=O)O[C@@H]1[C@H](O[C@@H]2O[C@H](CO)[C@@H](O)[C@@H]2O)[C@@H](O[C@@H]2O[C@@H](C)[C@H](O[C@@H]3OC[C@@H](O)[C@H](O)[C@H]3O)[C@H](O)[C@H]2O)[C@H](OC(=O)[C@]23CCC(C)(C)C[C@H]2C2=CC[C@@H]4[C@@]5(C)CC[C@H](O[C@@H]6O[C@H](C(=O)O)[C@@H](O)[C@H](O)[C@H]6O[C@@H]6O[C@H](CO)[C@H](O)[C@H](O)[C@H]6O)[C@@](C)(O)[C@@H]5CC[C@@]4(C)[C@]2(C)CC3)O[C@@H]1C. The number of hydrogen-bond acceptors (Lipinski definition) is 31. The van der Waals surface area contributed by atoms with Gasteiger partial charge in [-0.05, 0) is 124 Å². The van der Waals surface area contributed by atoms with Crippen LogP contribution in [-0.4, -0.2) is 303 Å². The van der Waals surface area contributed by atoms with E-state index in [-0.39, 0.29) is 17.8 Å². The number of ether oxygens (including phenoxy) is 13. The second-order valence-corrected chi connectivity index (χ2v) is 30.9. The monoisotopic (exact) mass is 1390 g/mol. The first-order valence-electron chi connectivity index (χ1n) is 34.0. The summed E-state index contributed by atoms with van der Waals surface area (Å²) in [4.78, 5) is 41.4. The predicted molar refractivity (Wildman–Crippen MR) is 320 cm³/mol. The molecule has 32 heteroatoms. The van der Waals surface area contributed by atoms with Crippen molar-refractivity contribution in [3.05, 3.63) is 11.6 Å². The third-order valence-corrected chi connectivity index (χ3v) is 24.7. The number of carboxylic acid groups (broad SMARTS) is 1. The Kier molecular flexibility index (Phi) is 21.7. The molecule has 0 radical (unpaired) electrons. The standard InChI is InChI=1S/C65H102O32/c1-24-46(92-53-42(77)35(70)29(69)23-85-53)41(76)45(80)54(86-24)96-51-50(95-55-43(78)37(72)31(22-67)90-55)47(88-26(3)68)25(2)87-58(51)97-59(83)65-18-16-60(4,5)20-28(65)27-10-11-32-61(6)14-13-34(64(9,84)33(61)12-15-63(32,8)62(27,7)17-19-65)91-57-49(40(75)39(74)48(93-57)52(81)82)94-56-44(79)38(73)36(71)30(21-66)89-56/h10,24-25,28-51,53-58,66-67,69-80,84H,11-23H2,1-9H3,(H,81,82)/t24-,25+,28-,29+,30+,31+,32+,33+,34-,35-,36-,37+,38-,39-,40-,41+,42+,43-,44+,45+,46-,47-,48-,49+,50-,51+,53-,54-,55-,56-,57+,58-,61+,62+,63+,64-,65-/m0/s1. The summed E-state index contributed by atoms with van der Waals surface area (Å²) in [5.74, 6) is -4.14. The second kappa shape index (κ2) is 28.0. The van der Waals surface area contributed by atoms with Crippen LogP contribution in [0.15, 0.2) is 11.6 Å². The fourth-order valence-corrected chi connectivity index (χ4v) is 18.8. The molecule has 11 rings (SSSR count). The largest absolute Gasteiger partial charge is 0.479 e. The molecule has 37 atom stereocenters. The molecular formula is C65H102O32. The van der Waals surface area contributed by atoms with E-state index in [1.54, 1.807) is 6.92 Å². The summed E-state index contributed by atoms with van der Waals surface area (Å²) in [6, 6.07) is 0. The number of carbonyl (C=O) groups excluding carboxylic acids is 2. The number of hydrogen-bond donors (Lipinski definition) is 16. The van der Waals surface area contributed by atoms with Crippen molar-refractivity contribution in [3.8, 4) is 0 Å². The Hall–Kier alpha value is -2.89. The third-order valence-electron chi connectivity index (χ3n) is 24.7. The minimum atomic E-state index is -2.10. The molecule has 16 N–H and O–H groups in total. The maximum atomic E-state index is 16.0. The molecule has 11 aliphatic rings. The highest BCUT2D eigenvalue weighted by Crippen LogP contribution is 2.75. The van der Waals surface area contributed by atoms with Gasteiger partial charge in [-0.15, -0.1) is 0 Å². The van der Waals surface area contributed by atoms with Crippen LogP contribution in [0.25, 0.3) is 0 Å². The second-order valence-electron chi connectivity index (χ2n) is 30.9. The molecule has 0 amide bonds. The Balaban J connectivity index is 0.870. The van der Waals surface area contributed by atoms with Gasteiger partial charge in [-0.25, -0.2) is 4.79 Å². The molecule has 0 aromatic carbocycles. The smallest absolute Gasteiger partial charge is 0.335 e. The van der Waals surface area contributed by atoms with Crippen molar-refractivity contribution in [2.45, 2.75) is 310 Å². The Labute approximate surface area is 560 Å². The highest BCUT2D eigenvalue weighted by atomic mass is 16.8. The number of fused-ring (bicyclic) bond motifs is 7. The van der Waals surface area contributed by atoms with E-state index in [0.717, 1.165) is 12.5 Å². The van der Waals surface area contributed by atoms with E-state index in [9.17, 15) is 91.3 Å². The van der Waals surface area contributed by atoms with Crippen molar-refractivity contribution in [2.24, 2.45) is 44.8 Å². The average Bonchev–Trinajstić information content (AvgIpc) is 0.754. The Morgan fingerprint density at radius 1 is 0.526 bits per heavy atom. The molecule has 10 fully saturated rings. The lowest BCUT2D eigenvalue weighted by molar-refractivity contribution is -0.382. The molecule has 0 spiro atoms. The minimum Gasteiger partial charge on any atom is -0.479 e. The fraction of sp³-hybridized carbons (Fsp3) is 0.923. The summed E-state index contributed by atoms with van der Waals surface area (Å²) in [6.07, 6.45) is -42.5. The molecule has 0 unspecified atom stereocenters. The van der Waals surface area contributed by atoms with Gasteiger partial charge in [-0.3, -0.25) is 9.59 Å². The maximum Gasteiger partial charge on any atom is 0.335 e. The highest BCUT2D eigenvalue weighted by Gasteiger charge is 2.71. The van der Waals surface area contributed by atoms with Crippen LogP contribution in [0.2, 0.25) is 0 Å². The van der Waals surface area contributed by atoms with Crippen molar-refractivity contribution in [1.82, 2.24) is 0 Å². The topological polar surface area (TPSA) is 495 Å². The van der Waals surface area contributed by atoms with Gasteiger partial charge in [0.25, 0.3) is 0 Å². The summed E-state index contributed by atoms with van der Waals surface area (Å²) in [7, 11) is 0. The van der Waals surface area contributed by atoms with E-state index < -0.39 is 255 Å². The molecule has 0 bridgehead atoms. The van der Waals surface area contributed by atoms with E-state index in [2.05, 4.69) is 40.7 Å². The Morgan fingerprint density at radius 3 is 1.71 bits per heavy atom. The first kappa shape index (κ1) is 75.3. The van der Waals surface area contributed by atoms with Crippen molar-refractivity contribution >= 4 is 17.9 Å². The number of carbonyl (C=O) groups is 3. The molecule has 6 aliphatic heterocycles. The molecule has 6 saturated heterocycles. The third kappa shape index (κ3) is 13.1. The molecule has 6 heterocycles. The van der Waals surface area contributed by atoms with Crippen LogP contribution in [0.5, 0.6) is 0 Å². The first-order chi connectivity index (χ1) is 45.4. The molecule has 554 valence electrons. The number of aliphatic carboxylic acids is 1. The maximum absolute atomic E-state index is 16.0. The van der Waals surface area contributed by atoms with Gasteiger partial charge in [0.05, 0.1) is 49.1 Å². The van der Waals surface area contributed by atoms with E-state index in [0.29, 0.717) is 57.8 Å². The van der Waals surface area contributed by atoms with Crippen LogP contribution in [0.3, 0.4) is 0 Å². The number of esters is 2. The number of aliphatic hydroxyl groups excluding tert-OH is 14. The lowest BCUT2D eigenvalue weighted by Gasteiger charge is -2.71. The molecule has 97 heavy (non-hydrogen) atoms. The first-order valence-corrected chi connectivity index (χ1v) is 34.0. The molecule has 4 saturated carbocycles. The summed E-state index contributed by atoms with van der Waals surface area (Å²) in [5.41, 5.74) is -3.74. The Morgan fingerprint density at radius 2 is 1.07 bits per heavy atom. The normalized spacial score (nSPS) is 53.7. The van der Waals surface area contributed by atoms with Gasteiger partial charge >= 0.3 is 17.9 Å². The zero-order valence-electron chi connectivity index (χ0n) is 55.9. The van der Waals surface area contributed by atoms with Crippen LogP contribution in [0.1, 0.15) is 127 Å². The fourth-order valence-electron chi connectivity index (χ4n) is 18.8. The van der Waals surface area contributed by atoms with Crippen molar-refractivity contribution in [2.75, 3.05) is 19.8 Å². The van der Waals surface area contributed by atoms with E-state index >= 15 is 4.79 Å². The molecule has 32 nitrogen and oxygen atoms in total. The van der Waals surface area contributed by atoms with Crippen molar-refractivity contribution in [1.29, 1.82) is 0 Å². The van der Waals surface area contributed by atoms with Gasteiger partial charge in [0.1, 0.15) is 104 Å². The van der Waals surface area contributed by atoms with Gasteiger partial charge in [0.15, 0.2) is 49.8 Å². The van der Waals surface area contributed by atoms with Gasteiger partial charge in [-0.1, -0.05) is 46.3 Å². The summed E-state index contributed by atoms with van der Waals surface area (Å²) >= 11 is 0. The molecule has 0 aromatic rings. The van der Waals surface area contributed by atoms with Crippen LogP contribution < -0.4 is 0 Å². The number of allylic oxidation sites excluding steroid dienone is 2. The molecule has 0 aromatic heterocycles. The Bertz CT molecular complexity index is 2830. The summed E-state index contributed by atoms with van der Waals surface area (Å²) in [6.45, 7) is 14.7. The van der Waals surface area contributed by atoms with Crippen LogP contribution >= 0.6 is 0 Å². The van der Waals surface area contributed by atoms with E-state index in [1.165, 1.54) is 13.8 Å². The zero-order valence-corrected chi connectivity index (χ0v) is 55.9. The van der Waals surface area contributed by atoms with Gasteiger partial charge < -0.3 is 143 Å². The predicted octanol–water partition coefficient (Wildman–Crippen LogP) is -3.67. The zero-order chi connectivity index (χ0) is 70.9. The molecule has 5 aliphatic carbocycles. The van der Waals surface area contributed by atoms with E-state index in [1.807, 2.05) is 0 Å². The number of rotatable bonds is 16. The number of aliphatic hydroxyl groups is 15. The van der Waals surface area contributed by atoms with Crippen molar-refractivity contribution in [3.63, 3.8) is 0 Å². The van der Waals surface area contributed by atoms with E-state index in [4.69, 9.17) is 61.6 Å². The van der Waals surface area contributed by atoms with Crippen LogP contribution in [0, 0.1) is 44.8 Å². The van der Waals surface area contributed by atoms with Crippen LogP contribution in [0.4, 0.5) is 0 Å². The average molecular weight is 1400 g/mol. The van der Waals surface area contributed by atoms with Crippen molar-refractivity contribution < 1.29 is 158 Å². The van der Waals surface area contributed by atoms with Crippen LogP contribution in [-0.2, 0) is 76.0 Å². The van der Waals surface area contributed by atoms with Gasteiger partial charge in [0, 0.05) is 6.92 Å². The lowest BCUT2D eigenvalue weighted by atomic mass is 9.34. The van der Waals surface area contributed by atoms with Gasteiger partial charge in [-0.2, -0.15) is 0 Å².